The molecule has 1 unspecified atom stereocenters. The molecule has 1 aliphatic rings. The van der Waals surface area contributed by atoms with Crippen molar-refractivity contribution in [3.8, 4) is 11.5 Å². The number of hydrogen-bond donors (Lipinski definition) is 0. The molecule has 8 heteroatoms. The molecule has 118 valence electrons. The van der Waals surface area contributed by atoms with Crippen molar-refractivity contribution in [3.63, 3.8) is 0 Å². The predicted molar refractivity (Wildman–Crippen MR) is 89.0 cm³/mol. The zero-order valence-corrected chi connectivity index (χ0v) is 16.0. The third-order valence-corrected chi connectivity index (χ3v) is 6.21. The van der Waals surface area contributed by atoms with Crippen LogP contribution >= 0.6 is 31.9 Å². The first kappa shape index (κ1) is 17.1. The van der Waals surface area contributed by atoms with Gasteiger partial charge in [-0.1, -0.05) is 31.9 Å². The van der Waals surface area contributed by atoms with E-state index in [9.17, 15) is 8.42 Å². The minimum Gasteiger partial charge on any atom is -0.493 e. The molecule has 0 fully saturated rings. The highest BCUT2D eigenvalue weighted by Crippen LogP contribution is 2.46. The number of rotatable bonds is 4. The highest BCUT2D eigenvalue weighted by atomic mass is 79.9. The standard InChI is InChI=1S/C13H17Br2NO4S/c1-19-11-6-9(15)8-4-5-16(21(3,17)18)10(7-14)12(8)13(11)20-2/h6,10H,4-5,7H2,1-3H3. The summed E-state index contributed by atoms with van der Waals surface area (Å²) in [4.78, 5) is 0. The van der Waals surface area contributed by atoms with E-state index < -0.39 is 10.0 Å². The molecule has 1 aliphatic heterocycles. The van der Waals surface area contributed by atoms with Crippen LogP contribution < -0.4 is 9.47 Å². The van der Waals surface area contributed by atoms with Crippen molar-refractivity contribution in [1.82, 2.24) is 4.31 Å². The van der Waals surface area contributed by atoms with Crippen LogP contribution in [0, 0.1) is 0 Å². The average molecular weight is 443 g/mol. The Morgan fingerprint density at radius 1 is 1.38 bits per heavy atom. The molecule has 2 rings (SSSR count). The first-order valence-corrected chi connectivity index (χ1v) is 10.1. The van der Waals surface area contributed by atoms with Gasteiger partial charge in [-0.3, -0.25) is 0 Å². The van der Waals surface area contributed by atoms with Gasteiger partial charge in [-0.15, -0.1) is 0 Å². The number of ether oxygens (including phenoxy) is 2. The molecule has 0 N–H and O–H groups in total. The molecule has 1 atom stereocenters. The van der Waals surface area contributed by atoms with Crippen LogP contribution in [0.25, 0.3) is 0 Å². The normalized spacial score (nSPS) is 19.2. The van der Waals surface area contributed by atoms with Crippen molar-refractivity contribution in [2.45, 2.75) is 12.5 Å². The minimum absolute atomic E-state index is 0.315. The van der Waals surface area contributed by atoms with Gasteiger partial charge in [0.25, 0.3) is 0 Å². The average Bonchev–Trinajstić information content (AvgIpc) is 2.44. The van der Waals surface area contributed by atoms with Gasteiger partial charge in [-0.2, -0.15) is 4.31 Å². The third kappa shape index (κ3) is 3.09. The maximum absolute atomic E-state index is 12.0. The van der Waals surface area contributed by atoms with Gasteiger partial charge in [0.15, 0.2) is 11.5 Å². The van der Waals surface area contributed by atoms with Crippen molar-refractivity contribution in [2.75, 3.05) is 32.4 Å². The summed E-state index contributed by atoms with van der Waals surface area (Å²) >= 11 is 6.98. The molecule has 5 nitrogen and oxygen atoms in total. The summed E-state index contributed by atoms with van der Waals surface area (Å²) in [5.41, 5.74) is 1.93. The van der Waals surface area contributed by atoms with E-state index in [1.807, 2.05) is 6.07 Å². The molecule has 1 heterocycles. The van der Waals surface area contributed by atoms with Crippen molar-refractivity contribution in [1.29, 1.82) is 0 Å². The molecule has 1 aromatic carbocycles. The highest BCUT2D eigenvalue weighted by molar-refractivity contribution is 9.10. The number of methoxy groups -OCH3 is 2. The Kier molecular flexibility index (Phi) is 5.23. The van der Waals surface area contributed by atoms with Gasteiger partial charge in [0.2, 0.25) is 10.0 Å². The number of alkyl halides is 1. The fourth-order valence-corrected chi connectivity index (χ4v) is 5.26. The summed E-state index contributed by atoms with van der Waals surface area (Å²) in [6.45, 7) is 0.455. The van der Waals surface area contributed by atoms with Gasteiger partial charge in [0.1, 0.15) is 0 Å². The Morgan fingerprint density at radius 3 is 2.52 bits per heavy atom. The van der Waals surface area contributed by atoms with E-state index in [0.29, 0.717) is 29.8 Å². The lowest BCUT2D eigenvalue weighted by Gasteiger charge is -2.36. The Bertz CT molecular complexity index is 648. The Morgan fingerprint density at radius 2 is 2.05 bits per heavy atom. The first-order valence-electron chi connectivity index (χ1n) is 6.31. The molecule has 0 saturated carbocycles. The van der Waals surface area contributed by atoms with Crippen molar-refractivity contribution in [3.05, 3.63) is 21.7 Å². The number of sulfonamides is 1. The summed E-state index contributed by atoms with van der Waals surface area (Å²) < 4.78 is 37.3. The summed E-state index contributed by atoms with van der Waals surface area (Å²) in [7, 11) is -0.163. The van der Waals surface area contributed by atoms with Crippen LogP contribution in [-0.4, -0.2) is 45.1 Å². The fourth-order valence-electron chi connectivity index (χ4n) is 2.71. The van der Waals surface area contributed by atoms with Gasteiger partial charge in [-0.25, -0.2) is 8.42 Å². The molecular formula is C13H17Br2NO4S. The van der Waals surface area contributed by atoms with Gasteiger partial charge < -0.3 is 9.47 Å². The largest absolute Gasteiger partial charge is 0.493 e. The van der Waals surface area contributed by atoms with E-state index in [1.165, 1.54) is 10.6 Å². The van der Waals surface area contributed by atoms with E-state index in [1.54, 1.807) is 14.2 Å². The molecule has 0 aliphatic carbocycles. The lowest BCUT2D eigenvalue weighted by Crippen LogP contribution is -2.40. The molecule has 0 aromatic heterocycles. The van der Waals surface area contributed by atoms with E-state index >= 15 is 0 Å². The summed E-state index contributed by atoms with van der Waals surface area (Å²) in [5.74, 6) is 1.18. The molecule has 0 radical (unpaired) electrons. The van der Waals surface area contributed by atoms with Crippen LogP contribution in [0.3, 0.4) is 0 Å². The van der Waals surface area contributed by atoms with Crippen molar-refractivity contribution < 1.29 is 17.9 Å². The molecular weight excluding hydrogens is 426 g/mol. The van der Waals surface area contributed by atoms with Crippen LogP contribution in [0.15, 0.2) is 10.5 Å². The number of hydrogen-bond acceptors (Lipinski definition) is 4. The second kappa shape index (κ2) is 6.44. The molecule has 0 amide bonds. The lowest BCUT2D eigenvalue weighted by molar-refractivity contribution is 0.306. The molecule has 0 saturated heterocycles. The quantitative estimate of drug-likeness (QED) is 0.672. The van der Waals surface area contributed by atoms with Crippen molar-refractivity contribution >= 4 is 41.9 Å². The van der Waals surface area contributed by atoms with E-state index in [2.05, 4.69) is 31.9 Å². The van der Waals surface area contributed by atoms with Crippen LogP contribution in [0.1, 0.15) is 17.2 Å². The summed E-state index contributed by atoms with van der Waals surface area (Å²) in [6, 6.07) is 1.55. The van der Waals surface area contributed by atoms with Gasteiger partial charge in [-0.05, 0) is 18.1 Å². The van der Waals surface area contributed by atoms with E-state index in [4.69, 9.17) is 9.47 Å². The first-order chi connectivity index (χ1) is 9.85. The second-order valence-electron chi connectivity index (χ2n) is 4.78. The van der Waals surface area contributed by atoms with Crippen LogP contribution in [0.2, 0.25) is 0 Å². The van der Waals surface area contributed by atoms with Gasteiger partial charge in [0, 0.05) is 21.9 Å². The minimum atomic E-state index is -3.30. The maximum Gasteiger partial charge on any atom is 0.211 e. The molecule has 0 bridgehead atoms. The maximum atomic E-state index is 12.0. The number of nitrogens with zero attached hydrogens (tertiary/aromatic N) is 1. The number of benzene rings is 1. The monoisotopic (exact) mass is 441 g/mol. The predicted octanol–water partition coefficient (Wildman–Crippen LogP) is 2.72. The van der Waals surface area contributed by atoms with Gasteiger partial charge >= 0.3 is 0 Å². The zero-order valence-electron chi connectivity index (χ0n) is 12.0. The Balaban J connectivity index is 2.71. The van der Waals surface area contributed by atoms with Crippen molar-refractivity contribution in [2.24, 2.45) is 0 Å². The van der Waals surface area contributed by atoms with Gasteiger partial charge in [0.05, 0.1) is 26.5 Å². The lowest BCUT2D eigenvalue weighted by atomic mass is 9.93. The van der Waals surface area contributed by atoms with Crippen LogP contribution in [0.4, 0.5) is 0 Å². The third-order valence-electron chi connectivity index (χ3n) is 3.60. The zero-order chi connectivity index (χ0) is 15.8. The summed E-state index contributed by atoms with van der Waals surface area (Å²) in [6.07, 6.45) is 1.86. The Hall–Kier alpha value is -0.310. The fraction of sp³-hybridized carbons (Fsp3) is 0.538. The molecule has 1 aromatic rings. The summed E-state index contributed by atoms with van der Waals surface area (Å²) in [5, 5.41) is 0.489. The van der Waals surface area contributed by atoms with Crippen LogP contribution in [-0.2, 0) is 16.4 Å². The SMILES string of the molecule is COc1cc(Br)c2c(c1OC)C(CBr)N(S(C)(=O)=O)CC2. The molecule has 21 heavy (non-hydrogen) atoms. The second-order valence-corrected chi connectivity index (χ2v) is 8.22. The van der Waals surface area contributed by atoms with E-state index in [0.717, 1.165) is 15.6 Å². The topological polar surface area (TPSA) is 55.8 Å². The number of halogens is 2. The number of fused-ring (bicyclic) bond motifs is 1. The Labute approximate surface area is 141 Å². The van der Waals surface area contributed by atoms with E-state index in [-0.39, 0.29) is 6.04 Å². The highest BCUT2D eigenvalue weighted by Gasteiger charge is 2.37. The molecule has 0 spiro atoms. The van der Waals surface area contributed by atoms with Crippen LogP contribution in [0.5, 0.6) is 11.5 Å². The smallest absolute Gasteiger partial charge is 0.211 e.